The fourth-order valence-corrected chi connectivity index (χ4v) is 1.53. The van der Waals surface area contributed by atoms with Gasteiger partial charge in [-0.3, -0.25) is 0 Å². The first kappa shape index (κ1) is 12.6. The highest BCUT2D eigenvalue weighted by Gasteiger charge is 2.08. The van der Waals surface area contributed by atoms with Crippen LogP contribution < -0.4 is 10.1 Å². The lowest BCUT2D eigenvalue weighted by Gasteiger charge is -2.04. The van der Waals surface area contributed by atoms with E-state index in [4.69, 9.17) is 9.15 Å². The van der Waals surface area contributed by atoms with Gasteiger partial charge in [0, 0.05) is 5.56 Å². The number of hydrogen-bond acceptors (Lipinski definition) is 5. The van der Waals surface area contributed by atoms with E-state index in [0.717, 1.165) is 17.7 Å². The summed E-state index contributed by atoms with van der Waals surface area (Å²) >= 11 is 0. The van der Waals surface area contributed by atoms with Crippen molar-refractivity contribution in [2.24, 2.45) is 0 Å². The summed E-state index contributed by atoms with van der Waals surface area (Å²) in [5.74, 6) is 1.91. The van der Waals surface area contributed by atoms with E-state index in [2.05, 4.69) is 22.4 Å². The molecule has 0 aliphatic rings. The molecule has 1 heterocycles. The number of hydrogen-bond donors (Lipinski definition) is 1. The number of nitrogens with zero attached hydrogens (tertiary/aromatic N) is 2. The molecule has 2 rings (SSSR count). The molecule has 1 aromatic heterocycles. The van der Waals surface area contributed by atoms with Crippen molar-refractivity contribution in [1.29, 1.82) is 0 Å². The third kappa shape index (κ3) is 3.07. The predicted octanol–water partition coefficient (Wildman–Crippen LogP) is 2.24. The first-order chi connectivity index (χ1) is 8.83. The third-order valence-electron chi connectivity index (χ3n) is 2.35. The molecule has 0 unspecified atom stereocenters. The molecule has 0 radical (unpaired) electrons. The normalized spacial score (nSPS) is 10.6. The zero-order valence-electron chi connectivity index (χ0n) is 10.6. The average molecular weight is 247 g/mol. The summed E-state index contributed by atoms with van der Waals surface area (Å²) < 4.78 is 11.1. The summed E-state index contributed by atoms with van der Waals surface area (Å²) in [5.41, 5.74) is 0.874. The molecule has 1 aromatic carbocycles. The Morgan fingerprint density at radius 3 is 3.00 bits per heavy atom. The van der Waals surface area contributed by atoms with Crippen molar-refractivity contribution >= 4 is 0 Å². The lowest BCUT2D eigenvalue weighted by molar-refractivity contribution is 0.317. The van der Waals surface area contributed by atoms with Gasteiger partial charge in [-0.15, -0.1) is 10.2 Å². The first-order valence-electron chi connectivity index (χ1n) is 6.03. The molecule has 0 aliphatic carbocycles. The number of aromatic nitrogens is 2. The van der Waals surface area contributed by atoms with Crippen LogP contribution in [0.2, 0.25) is 0 Å². The van der Waals surface area contributed by atoms with Crippen LogP contribution in [0, 0.1) is 0 Å². The lowest BCUT2D eigenvalue weighted by Crippen LogP contribution is -2.04. The van der Waals surface area contributed by atoms with Gasteiger partial charge in [0.1, 0.15) is 5.75 Å². The minimum absolute atomic E-state index is 0.516. The summed E-state index contributed by atoms with van der Waals surface area (Å²) in [4.78, 5) is 0. The standard InChI is InChI=1S/C13H17N3O2/c1-3-7-17-11-6-4-5-10(8-11)13-16-15-12(18-13)9-14-2/h4-6,8,14H,3,7,9H2,1-2H3. The second-order valence-corrected chi connectivity index (χ2v) is 3.91. The second-order valence-electron chi connectivity index (χ2n) is 3.91. The topological polar surface area (TPSA) is 60.2 Å². The van der Waals surface area contributed by atoms with Crippen LogP contribution in [-0.4, -0.2) is 23.9 Å². The van der Waals surface area contributed by atoms with Crippen LogP contribution in [0.25, 0.3) is 11.5 Å². The van der Waals surface area contributed by atoms with Gasteiger partial charge in [-0.25, -0.2) is 0 Å². The van der Waals surface area contributed by atoms with Crippen molar-refractivity contribution in [3.8, 4) is 17.2 Å². The third-order valence-corrected chi connectivity index (χ3v) is 2.35. The van der Waals surface area contributed by atoms with Crippen LogP contribution in [-0.2, 0) is 6.54 Å². The van der Waals surface area contributed by atoms with Gasteiger partial charge in [0.2, 0.25) is 11.8 Å². The van der Waals surface area contributed by atoms with Gasteiger partial charge < -0.3 is 14.5 Å². The molecule has 0 bridgehead atoms. The molecule has 0 saturated carbocycles. The van der Waals surface area contributed by atoms with E-state index in [9.17, 15) is 0 Å². The second kappa shape index (κ2) is 6.16. The van der Waals surface area contributed by atoms with E-state index in [1.54, 1.807) is 0 Å². The van der Waals surface area contributed by atoms with Crippen LogP contribution >= 0.6 is 0 Å². The lowest BCUT2D eigenvalue weighted by atomic mass is 10.2. The molecule has 0 aliphatic heterocycles. The monoisotopic (exact) mass is 247 g/mol. The molecule has 5 nitrogen and oxygen atoms in total. The minimum Gasteiger partial charge on any atom is -0.494 e. The van der Waals surface area contributed by atoms with Crippen molar-refractivity contribution in [1.82, 2.24) is 15.5 Å². The smallest absolute Gasteiger partial charge is 0.247 e. The molecule has 1 N–H and O–H groups in total. The van der Waals surface area contributed by atoms with Crippen molar-refractivity contribution < 1.29 is 9.15 Å². The molecule has 5 heteroatoms. The Morgan fingerprint density at radius 2 is 2.22 bits per heavy atom. The van der Waals surface area contributed by atoms with Gasteiger partial charge in [-0.05, 0) is 31.7 Å². The van der Waals surface area contributed by atoms with Crippen molar-refractivity contribution in [2.45, 2.75) is 19.9 Å². The largest absolute Gasteiger partial charge is 0.494 e. The van der Waals surface area contributed by atoms with E-state index in [-0.39, 0.29) is 0 Å². The number of ether oxygens (including phenoxy) is 1. The highest BCUT2D eigenvalue weighted by atomic mass is 16.5. The molecule has 0 spiro atoms. The van der Waals surface area contributed by atoms with E-state index in [0.29, 0.717) is 24.9 Å². The maximum absolute atomic E-state index is 5.57. The quantitative estimate of drug-likeness (QED) is 0.848. The maximum atomic E-state index is 5.57. The van der Waals surface area contributed by atoms with Crippen LogP contribution in [0.5, 0.6) is 5.75 Å². The van der Waals surface area contributed by atoms with E-state index < -0.39 is 0 Å². The zero-order valence-corrected chi connectivity index (χ0v) is 10.6. The SMILES string of the molecule is CCCOc1cccc(-c2nnc(CNC)o2)c1. The summed E-state index contributed by atoms with van der Waals surface area (Å²) in [6.07, 6.45) is 0.983. The molecular weight excluding hydrogens is 230 g/mol. The fraction of sp³-hybridized carbons (Fsp3) is 0.385. The highest BCUT2D eigenvalue weighted by molar-refractivity contribution is 5.55. The summed E-state index contributed by atoms with van der Waals surface area (Å²) in [7, 11) is 1.84. The molecule has 0 atom stereocenters. The van der Waals surface area contributed by atoms with Gasteiger partial charge in [0.05, 0.1) is 13.2 Å². The maximum Gasteiger partial charge on any atom is 0.247 e. The van der Waals surface area contributed by atoms with Gasteiger partial charge in [-0.2, -0.15) is 0 Å². The van der Waals surface area contributed by atoms with E-state index in [1.807, 2.05) is 31.3 Å². The van der Waals surface area contributed by atoms with E-state index >= 15 is 0 Å². The highest BCUT2D eigenvalue weighted by Crippen LogP contribution is 2.22. The average Bonchev–Trinajstić information content (AvgIpc) is 2.86. The number of rotatable bonds is 6. The molecule has 18 heavy (non-hydrogen) atoms. The van der Waals surface area contributed by atoms with Crippen LogP contribution in [0.1, 0.15) is 19.2 Å². The van der Waals surface area contributed by atoms with Crippen LogP contribution in [0.15, 0.2) is 28.7 Å². The van der Waals surface area contributed by atoms with E-state index in [1.165, 1.54) is 0 Å². The molecule has 0 amide bonds. The van der Waals surface area contributed by atoms with Gasteiger partial charge in [-0.1, -0.05) is 13.0 Å². The van der Waals surface area contributed by atoms with Gasteiger partial charge in [0.15, 0.2) is 0 Å². The van der Waals surface area contributed by atoms with Gasteiger partial charge >= 0.3 is 0 Å². The molecule has 2 aromatic rings. The number of benzene rings is 1. The van der Waals surface area contributed by atoms with Crippen molar-refractivity contribution in [2.75, 3.05) is 13.7 Å². The molecular formula is C13H17N3O2. The fourth-order valence-electron chi connectivity index (χ4n) is 1.53. The minimum atomic E-state index is 0.516. The Morgan fingerprint density at radius 1 is 1.33 bits per heavy atom. The van der Waals surface area contributed by atoms with Crippen LogP contribution in [0.3, 0.4) is 0 Å². The Bertz CT molecular complexity index is 496. The Kier molecular flexibility index (Phi) is 4.30. The Hall–Kier alpha value is -1.88. The summed E-state index contributed by atoms with van der Waals surface area (Å²) in [6.45, 7) is 3.35. The zero-order chi connectivity index (χ0) is 12.8. The Balaban J connectivity index is 2.15. The molecule has 0 fully saturated rings. The predicted molar refractivity (Wildman–Crippen MR) is 68.3 cm³/mol. The summed E-state index contributed by atoms with van der Waals surface area (Å²) in [5, 5.41) is 10.9. The molecule has 96 valence electrons. The van der Waals surface area contributed by atoms with Gasteiger partial charge in [0.25, 0.3) is 0 Å². The van der Waals surface area contributed by atoms with Crippen molar-refractivity contribution in [3.63, 3.8) is 0 Å². The summed E-state index contributed by atoms with van der Waals surface area (Å²) in [6, 6.07) is 7.67. The molecule has 0 saturated heterocycles. The first-order valence-corrected chi connectivity index (χ1v) is 6.03. The van der Waals surface area contributed by atoms with Crippen LogP contribution in [0.4, 0.5) is 0 Å². The van der Waals surface area contributed by atoms with Crippen molar-refractivity contribution in [3.05, 3.63) is 30.2 Å². The number of nitrogens with one attached hydrogen (secondary N) is 1. The Labute approximate surface area is 106 Å².